The highest BCUT2D eigenvalue weighted by atomic mass is 35.5. The van der Waals surface area contributed by atoms with Gasteiger partial charge in [0.05, 0.1) is 29.7 Å². The zero-order chi connectivity index (χ0) is 25.1. The summed E-state index contributed by atoms with van der Waals surface area (Å²) >= 11 is 12.2. The molecule has 8 heteroatoms. The van der Waals surface area contributed by atoms with Gasteiger partial charge in [-0.15, -0.1) is 0 Å². The summed E-state index contributed by atoms with van der Waals surface area (Å²) in [6.07, 6.45) is 0.732. The van der Waals surface area contributed by atoms with Gasteiger partial charge in [-0.3, -0.25) is 14.2 Å². The summed E-state index contributed by atoms with van der Waals surface area (Å²) in [4.78, 5) is 33.8. The average Bonchev–Trinajstić information content (AvgIpc) is 2.86. The van der Waals surface area contributed by atoms with Crippen molar-refractivity contribution in [3.63, 3.8) is 0 Å². The SMILES string of the molecule is CCCN(C(=O)c1ccc(Cl)cc1)C(C)c1nc2cc(Cl)ccc2c(=O)n1-c1ccc(OC)cc1. The normalized spacial score (nSPS) is 11.9. The molecule has 1 amide bonds. The van der Waals surface area contributed by atoms with E-state index in [1.807, 2.05) is 13.8 Å². The molecule has 0 aliphatic rings. The number of benzene rings is 3. The van der Waals surface area contributed by atoms with Gasteiger partial charge in [-0.05, 0) is 80.1 Å². The van der Waals surface area contributed by atoms with Crippen molar-refractivity contribution in [3.05, 3.63) is 98.5 Å². The maximum atomic E-state index is 13.7. The Morgan fingerprint density at radius 3 is 2.31 bits per heavy atom. The Hall–Kier alpha value is -3.35. The molecule has 1 aromatic heterocycles. The molecule has 0 fully saturated rings. The van der Waals surface area contributed by atoms with E-state index in [1.54, 1.807) is 83.3 Å². The van der Waals surface area contributed by atoms with E-state index in [-0.39, 0.29) is 11.5 Å². The molecule has 0 N–H and O–H groups in total. The van der Waals surface area contributed by atoms with E-state index >= 15 is 0 Å². The number of hydrogen-bond donors (Lipinski definition) is 0. The Balaban J connectivity index is 1.91. The number of halogens is 2. The second-order valence-corrected chi connectivity index (χ2v) is 9.02. The number of aromatic nitrogens is 2. The van der Waals surface area contributed by atoms with Crippen molar-refractivity contribution in [2.24, 2.45) is 0 Å². The number of rotatable bonds is 7. The average molecular weight is 510 g/mol. The summed E-state index contributed by atoms with van der Waals surface area (Å²) in [6.45, 7) is 4.36. The number of carbonyl (C=O) groups is 1. The number of nitrogens with zero attached hydrogens (tertiary/aromatic N) is 3. The van der Waals surface area contributed by atoms with Crippen LogP contribution in [0.25, 0.3) is 16.6 Å². The van der Waals surface area contributed by atoms with Crippen molar-refractivity contribution in [3.8, 4) is 11.4 Å². The molecule has 4 aromatic rings. The van der Waals surface area contributed by atoms with Crippen LogP contribution in [0.5, 0.6) is 5.75 Å². The smallest absolute Gasteiger partial charge is 0.266 e. The molecule has 180 valence electrons. The van der Waals surface area contributed by atoms with E-state index in [9.17, 15) is 9.59 Å². The van der Waals surface area contributed by atoms with Gasteiger partial charge in [0.25, 0.3) is 11.5 Å². The lowest BCUT2D eigenvalue weighted by Crippen LogP contribution is -2.38. The molecular formula is C27H25Cl2N3O3. The molecule has 4 rings (SSSR count). The minimum Gasteiger partial charge on any atom is -0.497 e. The van der Waals surface area contributed by atoms with Crippen LogP contribution in [0, 0.1) is 0 Å². The van der Waals surface area contributed by atoms with Crippen molar-refractivity contribution in [2.45, 2.75) is 26.3 Å². The van der Waals surface area contributed by atoms with Crippen LogP contribution in [0.2, 0.25) is 10.0 Å². The Morgan fingerprint density at radius 1 is 1.03 bits per heavy atom. The molecular weight excluding hydrogens is 485 g/mol. The zero-order valence-electron chi connectivity index (χ0n) is 19.7. The molecule has 0 bridgehead atoms. The van der Waals surface area contributed by atoms with Gasteiger partial charge in [-0.25, -0.2) is 4.98 Å². The molecule has 6 nitrogen and oxygen atoms in total. The van der Waals surface area contributed by atoms with E-state index in [0.717, 1.165) is 6.42 Å². The highest BCUT2D eigenvalue weighted by Gasteiger charge is 2.27. The topological polar surface area (TPSA) is 64.4 Å². The molecule has 0 spiro atoms. The van der Waals surface area contributed by atoms with Crippen molar-refractivity contribution in [1.29, 1.82) is 0 Å². The van der Waals surface area contributed by atoms with Crippen LogP contribution in [0.4, 0.5) is 0 Å². The van der Waals surface area contributed by atoms with Crippen LogP contribution < -0.4 is 10.3 Å². The Labute approximate surface area is 213 Å². The van der Waals surface area contributed by atoms with Gasteiger partial charge < -0.3 is 9.64 Å². The highest BCUT2D eigenvalue weighted by molar-refractivity contribution is 6.31. The molecule has 1 atom stereocenters. The standard InChI is InChI=1S/C27H25Cl2N3O3/c1-4-15-31(26(33)18-5-7-19(28)8-6-18)17(2)25-30-24-16-20(29)9-14-23(24)27(34)32(25)21-10-12-22(35-3)13-11-21/h5-14,16-17H,4,15H2,1-3H3. The number of amides is 1. The summed E-state index contributed by atoms with van der Waals surface area (Å²) in [5.41, 5.74) is 1.37. The largest absolute Gasteiger partial charge is 0.497 e. The minimum atomic E-state index is -0.517. The molecule has 3 aromatic carbocycles. The Morgan fingerprint density at radius 2 is 1.69 bits per heavy atom. The number of methoxy groups -OCH3 is 1. The highest BCUT2D eigenvalue weighted by Crippen LogP contribution is 2.27. The predicted molar refractivity (Wildman–Crippen MR) is 140 cm³/mol. The minimum absolute atomic E-state index is 0.169. The number of ether oxygens (including phenoxy) is 1. The first-order valence-electron chi connectivity index (χ1n) is 11.3. The first-order chi connectivity index (χ1) is 16.8. The maximum Gasteiger partial charge on any atom is 0.266 e. The van der Waals surface area contributed by atoms with Gasteiger partial charge in [0, 0.05) is 22.2 Å². The van der Waals surface area contributed by atoms with E-state index in [0.29, 0.717) is 50.3 Å². The molecule has 0 saturated carbocycles. The summed E-state index contributed by atoms with van der Waals surface area (Å²) in [6, 6.07) is 18.4. The van der Waals surface area contributed by atoms with Gasteiger partial charge in [0.1, 0.15) is 11.6 Å². The molecule has 1 unspecified atom stereocenters. The van der Waals surface area contributed by atoms with Crippen molar-refractivity contribution < 1.29 is 9.53 Å². The molecule has 0 aliphatic carbocycles. The van der Waals surface area contributed by atoms with Gasteiger partial charge in [-0.1, -0.05) is 30.1 Å². The van der Waals surface area contributed by atoms with Crippen LogP contribution in [0.15, 0.2) is 71.5 Å². The van der Waals surface area contributed by atoms with E-state index in [4.69, 9.17) is 32.9 Å². The predicted octanol–water partition coefficient (Wildman–Crippen LogP) is 6.31. The van der Waals surface area contributed by atoms with Crippen molar-refractivity contribution in [1.82, 2.24) is 14.5 Å². The zero-order valence-corrected chi connectivity index (χ0v) is 21.2. The van der Waals surface area contributed by atoms with Crippen LogP contribution in [0.1, 0.15) is 42.5 Å². The Kier molecular flexibility index (Phi) is 7.43. The summed E-state index contributed by atoms with van der Waals surface area (Å²) in [7, 11) is 1.58. The van der Waals surface area contributed by atoms with Crippen molar-refractivity contribution >= 4 is 40.0 Å². The quantitative estimate of drug-likeness (QED) is 0.292. The second-order valence-electron chi connectivity index (χ2n) is 8.15. The monoisotopic (exact) mass is 509 g/mol. The third-order valence-electron chi connectivity index (χ3n) is 5.85. The summed E-state index contributed by atoms with van der Waals surface area (Å²) in [5.74, 6) is 0.936. The van der Waals surface area contributed by atoms with E-state index in [1.165, 1.54) is 0 Å². The van der Waals surface area contributed by atoms with Crippen LogP contribution in [0.3, 0.4) is 0 Å². The van der Waals surface area contributed by atoms with Gasteiger partial charge >= 0.3 is 0 Å². The van der Waals surface area contributed by atoms with Crippen LogP contribution >= 0.6 is 23.2 Å². The third-order valence-corrected chi connectivity index (χ3v) is 6.33. The van der Waals surface area contributed by atoms with E-state index in [2.05, 4.69) is 0 Å². The third kappa shape index (κ3) is 5.04. The number of fused-ring (bicyclic) bond motifs is 1. The fourth-order valence-electron chi connectivity index (χ4n) is 4.05. The summed E-state index contributed by atoms with van der Waals surface area (Å²) < 4.78 is 6.83. The molecule has 0 aliphatic heterocycles. The number of hydrogen-bond acceptors (Lipinski definition) is 4. The van der Waals surface area contributed by atoms with Crippen LogP contribution in [-0.2, 0) is 0 Å². The van der Waals surface area contributed by atoms with Crippen LogP contribution in [-0.4, -0.2) is 34.0 Å². The molecule has 35 heavy (non-hydrogen) atoms. The maximum absolute atomic E-state index is 13.7. The lowest BCUT2D eigenvalue weighted by atomic mass is 10.1. The first-order valence-corrected chi connectivity index (χ1v) is 12.0. The Bertz CT molecular complexity index is 1420. The molecule has 0 saturated heterocycles. The fourth-order valence-corrected chi connectivity index (χ4v) is 4.34. The first kappa shape index (κ1) is 24.8. The molecule has 0 radical (unpaired) electrons. The lowest BCUT2D eigenvalue weighted by molar-refractivity contribution is 0.0681. The molecule has 1 heterocycles. The fraction of sp³-hybridized carbons (Fsp3) is 0.222. The van der Waals surface area contributed by atoms with Gasteiger partial charge in [0.2, 0.25) is 0 Å². The van der Waals surface area contributed by atoms with E-state index < -0.39 is 6.04 Å². The lowest BCUT2D eigenvalue weighted by Gasteiger charge is -2.30. The summed E-state index contributed by atoms with van der Waals surface area (Å²) in [5, 5.41) is 1.47. The van der Waals surface area contributed by atoms with Gasteiger partial charge in [0.15, 0.2) is 0 Å². The second kappa shape index (κ2) is 10.5. The van der Waals surface area contributed by atoms with Crippen molar-refractivity contribution in [2.75, 3.05) is 13.7 Å². The van der Waals surface area contributed by atoms with Gasteiger partial charge in [-0.2, -0.15) is 0 Å². The number of carbonyl (C=O) groups excluding carboxylic acids is 1.